The van der Waals surface area contributed by atoms with Crippen molar-refractivity contribution in [3.63, 3.8) is 0 Å². The fourth-order valence-electron chi connectivity index (χ4n) is 1.93. The molecule has 3 aromatic rings. The number of hydrogen-bond donors (Lipinski definition) is 1. The van der Waals surface area contributed by atoms with E-state index in [1.54, 1.807) is 11.3 Å². The first-order valence-corrected chi connectivity index (χ1v) is 6.97. The molecular formula is C15H14N2OS. The third-order valence-corrected chi connectivity index (χ3v) is 3.89. The number of hydrogen-bond acceptors (Lipinski definition) is 4. The van der Waals surface area contributed by atoms with Gasteiger partial charge in [-0.2, -0.15) is 0 Å². The second kappa shape index (κ2) is 4.90. The van der Waals surface area contributed by atoms with Crippen LogP contribution in [0, 0.1) is 0 Å². The van der Waals surface area contributed by atoms with Gasteiger partial charge in [-0.05, 0) is 49.4 Å². The minimum Gasteiger partial charge on any atom is -0.494 e. The lowest BCUT2D eigenvalue weighted by Crippen LogP contribution is -1.90. The normalized spacial score (nSPS) is 10.8. The van der Waals surface area contributed by atoms with Crippen LogP contribution < -0.4 is 10.5 Å². The molecular weight excluding hydrogens is 256 g/mol. The standard InChI is InChI=1S/C15H14N2OS/c1-2-18-12-6-3-10(4-7-12)15-17-13-8-5-11(16)9-14(13)19-15/h3-9H,2,16H2,1H3. The fraction of sp³-hybridized carbons (Fsp3) is 0.133. The maximum atomic E-state index is 5.79. The predicted octanol–water partition coefficient (Wildman–Crippen LogP) is 3.94. The highest BCUT2D eigenvalue weighted by molar-refractivity contribution is 7.21. The van der Waals surface area contributed by atoms with E-state index in [9.17, 15) is 0 Å². The number of benzene rings is 2. The summed E-state index contributed by atoms with van der Waals surface area (Å²) in [5, 5.41) is 1.00. The summed E-state index contributed by atoms with van der Waals surface area (Å²) >= 11 is 1.65. The number of nitrogens with zero attached hydrogens (tertiary/aromatic N) is 1. The van der Waals surface area contributed by atoms with Crippen LogP contribution in [0.1, 0.15) is 6.92 Å². The highest BCUT2D eigenvalue weighted by Crippen LogP contribution is 2.31. The van der Waals surface area contributed by atoms with Gasteiger partial charge in [0, 0.05) is 11.3 Å². The van der Waals surface area contributed by atoms with Crippen LogP contribution in [0.5, 0.6) is 5.75 Å². The number of ether oxygens (including phenoxy) is 1. The largest absolute Gasteiger partial charge is 0.494 e. The Bertz CT molecular complexity index is 704. The van der Waals surface area contributed by atoms with Crippen LogP contribution >= 0.6 is 11.3 Å². The van der Waals surface area contributed by atoms with E-state index in [1.165, 1.54) is 0 Å². The van der Waals surface area contributed by atoms with Crippen molar-refractivity contribution in [2.45, 2.75) is 6.92 Å². The van der Waals surface area contributed by atoms with Gasteiger partial charge in [-0.3, -0.25) is 0 Å². The molecule has 1 heterocycles. The monoisotopic (exact) mass is 270 g/mol. The maximum Gasteiger partial charge on any atom is 0.124 e. The molecule has 0 amide bonds. The topological polar surface area (TPSA) is 48.1 Å². The molecule has 3 nitrogen and oxygen atoms in total. The Morgan fingerprint density at radius 1 is 1.16 bits per heavy atom. The second-order valence-electron chi connectivity index (χ2n) is 4.20. The molecule has 2 aromatic carbocycles. The molecule has 0 fully saturated rings. The molecule has 1 aromatic heterocycles. The van der Waals surface area contributed by atoms with Gasteiger partial charge in [0.1, 0.15) is 10.8 Å². The third kappa shape index (κ3) is 2.39. The van der Waals surface area contributed by atoms with E-state index in [2.05, 4.69) is 4.98 Å². The van der Waals surface area contributed by atoms with Crippen LogP contribution in [0.25, 0.3) is 20.8 Å². The van der Waals surface area contributed by atoms with E-state index in [4.69, 9.17) is 10.5 Å². The van der Waals surface area contributed by atoms with E-state index >= 15 is 0 Å². The SMILES string of the molecule is CCOc1ccc(-c2nc3ccc(N)cc3s2)cc1. The van der Waals surface area contributed by atoms with Crippen LogP contribution in [-0.4, -0.2) is 11.6 Å². The number of anilines is 1. The minimum atomic E-state index is 0.680. The molecule has 0 atom stereocenters. The van der Waals surface area contributed by atoms with E-state index in [0.29, 0.717) is 6.61 Å². The number of nitrogens with two attached hydrogens (primary N) is 1. The number of rotatable bonds is 3. The van der Waals surface area contributed by atoms with Crippen LogP contribution in [0.3, 0.4) is 0 Å². The molecule has 19 heavy (non-hydrogen) atoms. The lowest BCUT2D eigenvalue weighted by Gasteiger charge is -2.02. The van der Waals surface area contributed by atoms with Crippen molar-refractivity contribution in [1.82, 2.24) is 4.98 Å². The second-order valence-corrected chi connectivity index (χ2v) is 5.23. The van der Waals surface area contributed by atoms with E-state index in [-0.39, 0.29) is 0 Å². The number of nitrogen functional groups attached to an aromatic ring is 1. The van der Waals surface area contributed by atoms with Crippen LogP contribution in [-0.2, 0) is 0 Å². The maximum absolute atomic E-state index is 5.79. The lowest BCUT2D eigenvalue weighted by atomic mass is 10.2. The first kappa shape index (κ1) is 12.0. The summed E-state index contributed by atoms with van der Waals surface area (Å²) in [5.41, 5.74) is 8.65. The highest BCUT2D eigenvalue weighted by Gasteiger charge is 2.06. The lowest BCUT2D eigenvalue weighted by molar-refractivity contribution is 0.340. The van der Waals surface area contributed by atoms with Crippen molar-refractivity contribution >= 4 is 27.2 Å². The van der Waals surface area contributed by atoms with Gasteiger partial charge in [0.05, 0.1) is 16.8 Å². The smallest absolute Gasteiger partial charge is 0.124 e. The fourth-order valence-corrected chi connectivity index (χ4v) is 2.94. The molecule has 0 aliphatic carbocycles. The first-order chi connectivity index (χ1) is 9.26. The van der Waals surface area contributed by atoms with Crippen LogP contribution in [0.15, 0.2) is 42.5 Å². The summed E-state index contributed by atoms with van der Waals surface area (Å²) in [4.78, 5) is 4.62. The Hall–Kier alpha value is -2.07. The molecule has 0 saturated carbocycles. The van der Waals surface area contributed by atoms with Gasteiger partial charge < -0.3 is 10.5 Å². The quantitative estimate of drug-likeness (QED) is 0.733. The Balaban J connectivity index is 1.99. The van der Waals surface area contributed by atoms with Crippen molar-refractivity contribution in [3.8, 4) is 16.3 Å². The van der Waals surface area contributed by atoms with Gasteiger partial charge in [0.2, 0.25) is 0 Å². The minimum absolute atomic E-state index is 0.680. The summed E-state index contributed by atoms with van der Waals surface area (Å²) < 4.78 is 6.55. The van der Waals surface area contributed by atoms with E-state index in [0.717, 1.165) is 32.2 Å². The summed E-state index contributed by atoms with van der Waals surface area (Å²) in [6.45, 7) is 2.66. The molecule has 0 saturated heterocycles. The van der Waals surface area contributed by atoms with Crippen molar-refractivity contribution < 1.29 is 4.74 Å². The zero-order chi connectivity index (χ0) is 13.2. The van der Waals surface area contributed by atoms with Gasteiger partial charge >= 0.3 is 0 Å². The van der Waals surface area contributed by atoms with Crippen molar-refractivity contribution in [2.24, 2.45) is 0 Å². The van der Waals surface area contributed by atoms with E-state index in [1.807, 2.05) is 49.4 Å². The summed E-state index contributed by atoms with van der Waals surface area (Å²) in [6, 6.07) is 13.8. The molecule has 2 N–H and O–H groups in total. The molecule has 0 bridgehead atoms. The van der Waals surface area contributed by atoms with Crippen LogP contribution in [0.4, 0.5) is 5.69 Å². The Morgan fingerprint density at radius 3 is 2.68 bits per heavy atom. The van der Waals surface area contributed by atoms with Crippen molar-refractivity contribution in [1.29, 1.82) is 0 Å². The average Bonchev–Trinajstić information content (AvgIpc) is 2.83. The molecule has 0 radical (unpaired) electrons. The third-order valence-electron chi connectivity index (χ3n) is 2.82. The molecule has 4 heteroatoms. The Labute approximate surface area is 115 Å². The van der Waals surface area contributed by atoms with E-state index < -0.39 is 0 Å². The summed E-state index contributed by atoms with van der Waals surface area (Å²) in [6.07, 6.45) is 0. The van der Waals surface area contributed by atoms with Crippen molar-refractivity contribution in [3.05, 3.63) is 42.5 Å². The number of thiazole rings is 1. The van der Waals surface area contributed by atoms with Gasteiger partial charge in [-0.1, -0.05) is 0 Å². The molecule has 0 spiro atoms. The molecule has 0 unspecified atom stereocenters. The zero-order valence-corrected chi connectivity index (χ0v) is 11.4. The number of aromatic nitrogens is 1. The average molecular weight is 270 g/mol. The van der Waals surface area contributed by atoms with Crippen molar-refractivity contribution in [2.75, 3.05) is 12.3 Å². The predicted molar refractivity (Wildman–Crippen MR) is 80.6 cm³/mol. The summed E-state index contributed by atoms with van der Waals surface area (Å²) in [7, 11) is 0. The molecule has 3 rings (SSSR count). The van der Waals surface area contributed by atoms with Crippen LogP contribution in [0.2, 0.25) is 0 Å². The number of fused-ring (bicyclic) bond motifs is 1. The van der Waals surface area contributed by atoms with Gasteiger partial charge in [0.15, 0.2) is 0 Å². The molecule has 96 valence electrons. The Morgan fingerprint density at radius 2 is 1.95 bits per heavy atom. The first-order valence-electron chi connectivity index (χ1n) is 6.15. The summed E-state index contributed by atoms with van der Waals surface area (Å²) in [5.74, 6) is 0.886. The van der Waals surface area contributed by atoms with Gasteiger partial charge in [0.25, 0.3) is 0 Å². The van der Waals surface area contributed by atoms with Gasteiger partial charge in [-0.15, -0.1) is 11.3 Å². The van der Waals surface area contributed by atoms with Gasteiger partial charge in [-0.25, -0.2) is 4.98 Å². The highest BCUT2D eigenvalue weighted by atomic mass is 32.1. The molecule has 0 aliphatic heterocycles. The zero-order valence-electron chi connectivity index (χ0n) is 10.6. The molecule has 0 aliphatic rings. The Kier molecular flexibility index (Phi) is 3.09.